The number of hydrogen-bond acceptors (Lipinski definition) is 3. The van der Waals surface area contributed by atoms with Crippen molar-refractivity contribution < 1.29 is 4.79 Å². The second-order valence-electron chi connectivity index (χ2n) is 2.25. The molecule has 1 aromatic heterocycles. The monoisotopic (exact) mass is 170 g/mol. The van der Waals surface area contributed by atoms with E-state index in [-0.39, 0.29) is 0 Å². The van der Waals surface area contributed by atoms with Crippen molar-refractivity contribution in [3.8, 4) is 0 Å². The molecule has 0 atom stereocenters. The molecule has 0 aromatic carbocycles. The summed E-state index contributed by atoms with van der Waals surface area (Å²) in [5.41, 5.74) is 1.51. The van der Waals surface area contributed by atoms with Crippen molar-refractivity contribution >= 4 is 18.0 Å². The van der Waals surface area contributed by atoms with Crippen LogP contribution >= 0.6 is 11.8 Å². The molecule has 0 aliphatic carbocycles. The van der Waals surface area contributed by atoms with Crippen LogP contribution in [-0.4, -0.2) is 22.3 Å². The fourth-order valence-corrected chi connectivity index (χ4v) is 1.75. The van der Waals surface area contributed by atoms with E-state index in [2.05, 4.69) is 5.10 Å². The van der Waals surface area contributed by atoms with Crippen LogP contribution in [-0.2, 0) is 7.05 Å². The normalized spacial score (nSPS) is 10.1. The molecule has 0 amide bonds. The minimum Gasteiger partial charge on any atom is -0.298 e. The molecular formula is C7H10N2OS. The number of hydrogen-bond donors (Lipinski definition) is 0. The minimum atomic E-state index is 0.708. The summed E-state index contributed by atoms with van der Waals surface area (Å²) in [6.45, 7) is 1.84. The third-order valence-corrected chi connectivity index (χ3v) is 2.40. The van der Waals surface area contributed by atoms with Gasteiger partial charge in [-0.15, -0.1) is 11.8 Å². The van der Waals surface area contributed by atoms with Crippen LogP contribution in [0.4, 0.5) is 0 Å². The lowest BCUT2D eigenvalue weighted by Gasteiger charge is -1.95. The highest BCUT2D eigenvalue weighted by Crippen LogP contribution is 2.20. The first-order chi connectivity index (χ1) is 5.20. The standard InChI is InChI=1S/C7H10N2OS/c1-5-6(4-10)7(11-3)9(2)8-5/h4H,1-3H3. The summed E-state index contributed by atoms with van der Waals surface area (Å²) in [6.07, 6.45) is 2.79. The van der Waals surface area contributed by atoms with Crippen LogP contribution in [0.2, 0.25) is 0 Å². The van der Waals surface area contributed by atoms with Gasteiger partial charge in [-0.05, 0) is 13.2 Å². The van der Waals surface area contributed by atoms with Gasteiger partial charge in [-0.25, -0.2) is 0 Å². The van der Waals surface area contributed by atoms with Gasteiger partial charge in [0, 0.05) is 7.05 Å². The summed E-state index contributed by atoms with van der Waals surface area (Å²) >= 11 is 1.54. The van der Waals surface area contributed by atoms with E-state index in [9.17, 15) is 4.79 Å². The highest BCUT2D eigenvalue weighted by atomic mass is 32.2. The summed E-state index contributed by atoms with van der Waals surface area (Å²) in [4.78, 5) is 10.6. The fraction of sp³-hybridized carbons (Fsp3) is 0.429. The fourth-order valence-electron chi connectivity index (χ4n) is 1.03. The summed E-state index contributed by atoms with van der Waals surface area (Å²) in [5, 5.41) is 5.05. The molecule has 0 N–H and O–H groups in total. The van der Waals surface area contributed by atoms with E-state index in [1.165, 1.54) is 11.8 Å². The maximum absolute atomic E-state index is 10.6. The van der Waals surface area contributed by atoms with Crippen LogP contribution in [0.1, 0.15) is 16.1 Å². The molecule has 0 spiro atoms. The lowest BCUT2D eigenvalue weighted by Crippen LogP contribution is -1.92. The van der Waals surface area contributed by atoms with Crippen molar-refractivity contribution in [1.29, 1.82) is 0 Å². The van der Waals surface area contributed by atoms with Gasteiger partial charge in [-0.2, -0.15) is 5.10 Å². The number of rotatable bonds is 2. The van der Waals surface area contributed by atoms with E-state index in [4.69, 9.17) is 0 Å². The number of carbonyl (C=O) groups is 1. The van der Waals surface area contributed by atoms with Gasteiger partial charge in [0.05, 0.1) is 11.3 Å². The molecule has 0 unspecified atom stereocenters. The smallest absolute Gasteiger partial charge is 0.154 e. The Labute approximate surface area is 69.8 Å². The maximum atomic E-state index is 10.6. The maximum Gasteiger partial charge on any atom is 0.154 e. The molecule has 3 nitrogen and oxygen atoms in total. The Bertz CT molecular complexity index is 280. The number of thioether (sulfide) groups is 1. The van der Waals surface area contributed by atoms with Crippen LogP contribution in [0, 0.1) is 6.92 Å². The van der Waals surface area contributed by atoms with Crippen LogP contribution in [0.15, 0.2) is 5.03 Å². The summed E-state index contributed by atoms with van der Waals surface area (Å²) < 4.78 is 1.73. The molecule has 0 fully saturated rings. The van der Waals surface area contributed by atoms with E-state index in [1.54, 1.807) is 4.68 Å². The average molecular weight is 170 g/mol. The lowest BCUT2D eigenvalue weighted by atomic mass is 10.3. The molecule has 0 bridgehead atoms. The van der Waals surface area contributed by atoms with Crippen molar-refractivity contribution in [2.24, 2.45) is 7.05 Å². The lowest BCUT2D eigenvalue weighted by molar-refractivity contribution is 0.112. The summed E-state index contributed by atoms with van der Waals surface area (Å²) in [5.74, 6) is 0. The molecule has 4 heteroatoms. The molecular weight excluding hydrogens is 160 g/mol. The van der Waals surface area contributed by atoms with Gasteiger partial charge >= 0.3 is 0 Å². The SMILES string of the molecule is CSc1c(C=O)c(C)nn1C. The van der Waals surface area contributed by atoms with Gasteiger partial charge in [0.2, 0.25) is 0 Å². The van der Waals surface area contributed by atoms with Crippen LogP contribution in [0.25, 0.3) is 0 Å². The zero-order valence-electron chi connectivity index (χ0n) is 6.79. The topological polar surface area (TPSA) is 34.9 Å². The molecule has 0 aliphatic rings. The highest BCUT2D eigenvalue weighted by molar-refractivity contribution is 7.98. The number of aldehydes is 1. The Morgan fingerprint density at radius 1 is 1.64 bits per heavy atom. The van der Waals surface area contributed by atoms with Crippen molar-refractivity contribution in [1.82, 2.24) is 9.78 Å². The zero-order chi connectivity index (χ0) is 8.43. The molecule has 1 heterocycles. The van der Waals surface area contributed by atoms with Gasteiger partial charge in [-0.3, -0.25) is 9.48 Å². The molecule has 1 aromatic rings. The number of aryl methyl sites for hydroxylation is 2. The molecule has 0 aliphatic heterocycles. The first kappa shape index (κ1) is 8.33. The van der Waals surface area contributed by atoms with Gasteiger partial charge in [0.1, 0.15) is 5.03 Å². The number of carbonyl (C=O) groups excluding carboxylic acids is 1. The average Bonchev–Trinajstić information content (AvgIpc) is 2.24. The van der Waals surface area contributed by atoms with Gasteiger partial charge in [0.25, 0.3) is 0 Å². The molecule has 0 radical (unpaired) electrons. The Hall–Kier alpha value is -0.770. The van der Waals surface area contributed by atoms with Crippen molar-refractivity contribution in [3.05, 3.63) is 11.3 Å². The molecule has 0 saturated heterocycles. The third kappa shape index (κ3) is 1.30. The summed E-state index contributed by atoms with van der Waals surface area (Å²) in [6, 6.07) is 0. The quantitative estimate of drug-likeness (QED) is 0.495. The van der Waals surface area contributed by atoms with E-state index in [0.29, 0.717) is 5.56 Å². The van der Waals surface area contributed by atoms with Gasteiger partial charge in [-0.1, -0.05) is 0 Å². The Morgan fingerprint density at radius 2 is 2.27 bits per heavy atom. The van der Waals surface area contributed by atoms with Crippen molar-refractivity contribution in [2.75, 3.05) is 6.26 Å². The highest BCUT2D eigenvalue weighted by Gasteiger charge is 2.10. The largest absolute Gasteiger partial charge is 0.298 e. The Balaban J connectivity index is 3.28. The first-order valence-corrected chi connectivity index (χ1v) is 4.46. The third-order valence-electron chi connectivity index (χ3n) is 1.53. The van der Waals surface area contributed by atoms with Crippen LogP contribution in [0.3, 0.4) is 0 Å². The Kier molecular flexibility index (Phi) is 2.34. The predicted octanol–water partition coefficient (Wildman–Crippen LogP) is 1.26. The first-order valence-electron chi connectivity index (χ1n) is 3.23. The number of aromatic nitrogens is 2. The predicted molar refractivity (Wildman–Crippen MR) is 45.1 cm³/mol. The Morgan fingerprint density at radius 3 is 2.64 bits per heavy atom. The molecule has 11 heavy (non-hydrogen) atoms. The van der Waals surface area contributed by atoms with E-state index >= 15 is 0 Å². The van der Waals surface area contributed by atoms with Gasteiger partial charge in [0.15, 0.2) is 6.29 Å². The second kappa shape index (κ2) is 3.09. The molecule has 60 valence electrons. The van der Waals surface area contributed by atoms with E-state index < -0.39 is 0 Å². The minimum absolute atomic E-state index is 0.708. The van der Waals surface area contributed by atoms with Crippen molar-refractivity contribution in [3.63, 3.8) is 0 Å². The van der Waals surface area contributed by atoms with Crippen molar-refractivity contribution in [2.45, 2.75) is 11.9 Å². The molecule has 0 saturated carbocycles. The molecule has 1 rings (SSSR count). The zero-order valence-corrected chi connectivity index (χ0v) is 7.60. The summed E-state index contributed by atoms with van der Waals surface area (Å²) in [7, 11) is 1.84. The van der Waals surface area contributed by atoms with Gasteiger partial charge < -0.3 is 0 Å². The number of nitrogens with zero attached hydrogens (tertiary/aromatic N) is 2. The van der Waals surface area contributed by atoms with Crippen LogP contribution < -0.4 is 0 Å². The van der Waals surface area contributed by atoms with E-state index in [0.717, 1.165) is 17.0 Å². The van der Waals surface area contributed by atoms with E-state index in [1.807, 2.05) is 20.2 Å². The van der Waals surface area contributed by atoms with Crippen LogP contribution in [0.5, 0.6) is 0 Å². The second-order valence-corrected chi connectivity index (χ2v) is 3.04.